The van der Waals surface area contributed by atoms with Gasteiger partial charge in [-0.05, 0) is 45.2 Å². The van der Waals surface area contributed by atoms with Crippen molar-refractivity contribution >= 4 is 11.7 Å². The second kappa shape index (κ2) is 5.47. The normalized spacial score (nSPS) is 18.6. The molecule has 3 nitrogen and oxygen atoms in total. The number of para-hydroxylation sites is 1. The van der Waals surface area contributed by atoms with E-state index < -0.39 is 11.0 Å². The van der Waals surface area contributed by atoms with Crippen LogP contribution in [0.5, 0.6) is 0 Å². The second-order valence-corrected chi connectivity index (χ2v) is 6.73. The molecule has 0 spiro atoms. The molecular formula is C17H25NO2. The summed E-state index contributed by atoms with van der Waals surface area (Å²) in [6.45, 7) is 5.74. The van der Waals surface area contributed by atoms with E-state index in [-0.39, 0.29) is 5.97 Å². The van der Waals surface area contributed by atoms with Gasteiger partial charge in [0.05, 0.1) is 5.41 Å². The van der Waals surface area contributed by atoms with E-state index in [1.165, 1.54) is 6.42 Å². The van der Waals surface area contributed by atoms with Crippen molar-refractivity contribution in [2.24, 2.45) is 0 Å². The zero-order valence-corrected chi connectivity index (χ0v) is 12.7. The number of carbonyl (C=O) groups is 1. The molecule has 1 fully saturated rings. The monoisotopic (exact) mass is 275 g/mol. The molecule has 0 atom stereocenters. The third-order valence-electron chi connectivity index (χ3n) is 3.97. The van der Waals surface area contributed by atoms with E-state index in [1.54, 1.807) is 0 Å². The highest BCUT2D eigenvalue weighted by Gasteiger charge is 2.44. The van der Waals surface area contributed by atoms with E-state index in [4.69, 9.17) is 10.5 Å². The minimum absolute atomic E-state index is 0.123. The number of benzene rings is 1. The smallest absolute Gasteiger partial charge is 0.317 e. The van der Waals surface area contributed by atoms with Crippen molar-refractivity contribution in [1.82, 2.24) is 0 Å². The minimum atomic E-state index is -0.559. The molecule has 0 aromatic heterocycles. The third-order valence-corrected chi connectivity index (χ3v) is 3.97. The van der Waals surface area contributed by atoms with Crippen LogP contribution in [0.1, 0.15) is 58.4 Å². The van der Waals surface area contributed by atoms with Gasteiger partial charge in [-0.2, -0.15) is 0 Å². The fourth-order valence-corrected chi connectivity index (χ4v) is 3.05. The highest BCUT2D eigenvalue weighted by molar-refractivity contribution is 5.85. The molecule has 0 saturated heterocycles. The summed E-state index contributed by atoms with van der Waals surface area (Å²) >= 11 is 0. The molecule has 1 aromatic carbocycles. The van der Waals surface area contributed by atoms with Crippen LogP contribution in [0.2, 0.25) is 0 Å². The van der Waals surface area contributed by atoms with Gasteiger partial charge < -0.3 is 10.5 Å². The van der Waals surface area contributed by atoms with Crippen LogP contribution in [0.25, 0.3) is 0 Å². The van der Waals surface area contributed by atoms with Crippen molar-refractivity contribution in [2.75, 3.05) is 5.73 Å². The van der Waals surface area contributed by atoms with Gasteiger partial charge in [0, 0.05) is 5.69 Å². The molecule has 0 heterocycles. The lowest BCUT2D eigenvalue weighted by Crippen LogP contribution is -2.43. The van der Waals surface area contributed by atoms with Crippen molar-refractivity contribution in [3.05, 3.63) is 29.8 Å². The summed E-state index contributed by atoms with van der Waals surface area (Å²) in [4.78, 5) is 12.8. The van der Waals surface area contributed by atoms with Crippen LogP contribution in [0.15, 0.2) is 24.3 Å². The predicted molar refractivity (Wildman–Crippen MR) is 81.5 cm³/mol. The number of hydrogen-bond acceptors (Lipinski definition) is 3. The Morgan fingerprint density at radius 2 is 1.75 bits per heavy atom. The molecule has 0 amide bonds. The summed E-state index contributed by atoms with van der Waals surface area (Å²) in [5.41, 5.74) is 6.74. The van der Waals surface area contributed by atoms with Crippen LogP contribution in [0.4, 0.5) is 5.69 Å². The summed E-state index contributed by atoms with van der Waals surface area (Å²) in [6, 6.07) is 7.71. The largest absolute Gasteiger partial charge is 0.459 e. The summed E-state index contributed by atoms with van der Waals surface area (Å²) < 4.78 is 5.70. The highest BCUT2D eigenvalue weighted by atomic mass is 16.6. The predicted octanol–water partition coefficient (Wildman–Crippen LogP) is 3.81. The highest BCUT2D eigenvalue weighted by Crippen LogP contribution is 2.43. The topological polar surface area (TPSA) is 52.3 Å². The van der Waals surface area contributed by atoms with E-state index in [1.807, 2.05) is 45.0 Å². The molecule has 1 aromatic rings. The van der Waals surface area contributed by atoms with Crippen LogP contribution in [-0.2, 0) is 14.9 Å². The molecule has 20 heavy (non-hydrogen) atoms. The molecule has 1 aliphatic carbocycles. The van der Waals surface area contributed by atoms with Crippen molar-refractivity contribution < 1.29 is 9.53 Å². The SMILES string of the molecule is CC(C)(C)OC(=O)C1(c2ccccc2N)CCCCC1. The Balaban J connectivity index is 2.41. The lowest BCUT2D eigenvalue weighted by atomic mass is 9.69. The molecule has 0 bridgehead atoms. The summed E-state index contributed by atoms with van der Waals surface area (Å²) in [6.07, 6.45) is 4.94. The number of esters is 1. The van der Waals surface area contributed by atoms with Crippen LogP contribution >= 0.6 is 0 Å². The summed E-state index contributed by atoms with van der Waals surface area (Å²) in [5.74, 6) is -0.123. The Bertz CT molecular complexity index is 482. The molecule has 0 radical (unpaired) electrons. The lowest BCUT2D eigenvalue weighted by molar-refractivity contribution is -0.163. The Morgan fingerprint density at radius 1 is 1.15 bits per heavy atom. The van der Waals surface area contributed by atoms with Crippen LogP contribution in [0.3, 0.4) is 0 Å². The maximum absolute atomic E-state index is 12.8. The maximum atomic E-state index is 12.8. The Kier molecular flexibility index (Phi) is 4.07. The molecule has 2 rings (SSSR count). The number of nitrogen functional groups attached to an aromatic ring is 1. The second-order valence-electron chi connectivity index (χ2n) is 6.73. The number of rotatable bonds is 2. The van der Waals surface area contributed by atoms with Gasteiger partial charge >= 0.3 is 5.97 Å². The van der Waals surface area contributed by atoms with E-state index in [9.17, 15) is 4.79 Å². The molecular weight excluding hydrogens is 250 g/mol. The standard InChI is InChI=1S/C17H25NO2/c1-16(2,3)20-15(19)17(11-7-4-8-12-17)13-9-5-6-10-14(13)18/h5-6,9-10H,4,7-8,11-12,18H2,1-3H3. The number of ether oxygens (including phenoxy) is 1. The first-order valence-electron chi connectivity index (χ1n) is 7.44. The van der Waals surface area contributed by atoms with Gasteiger partial charge in [0.2, 0.25) is 0 Å². The lowest BCUT2D eigenvalue weighted by Gasteiger charge is -2.38. The quantitative estimate of drug-likeness (QED) is 0.659. The molecule has 1 aliphatic rings. The van der Waals surface area contributed by atoms with Crippen LogP contribution in [-0.4, -0.2) is 11.6 Å². The van der Waals surface area contributed by atoms with E-state index in [0.717, 1.165) is 31.2 Å². The average molecular weight is 275 g/mol. The first-order chi connectivity index (χ1) is 9.35. The van der Waals surface area contributed by atoms with E-state index in [2.05, 4.69) is 0 Å². The number of nitrogens with two attached hydrogens (primary N) is 1. The van der Waals surface area contributed by atoms with Crippen LogP contribution < -0.4 is 5.73 Å². The van der Waals surface area contributed by atoms with Crippen molar-refractivity contribution in [3.63, 3.8) is 0 Å². The van der Waals surface area contributed by atoms with E-state index in [0.29, 0.717) is 5.69 Å². The van der Waals surface area contributed by atoms with E-state index >= 15 is 0 Å². The van der Waals surface area contributed by atoms with Gasteiger partial charge in [-0.25, -0.2) is 0 Å². The molecule has 0 unspecified atom stereocenters. The Morgan fingerprint density at radius 3 is 2.30 bits per heavy atom. The van der Waals surface area contributed by atoms with Gasteiger partial charge in [-0.15, -0.1) is 0 Å². The Labute approximate surface area is 121 Å². The molecule has 3 heteroatoms. The Hall–Kier alpha value is -1.51. The number of hydrogen-bond donors (Lipinski definition) is 1. The van der Waals surface area contributed by atoms with Gasteiger partial charge in [0.25, 0.3) is 0 Å². The fraction of sp³-hybridized carbons (Fsp3) is 0.588. The minimum Gasteiger partial charge on any atom is -0.459 e. The van der Waals surface area contributed by atoms with Crippen molar-refractivity contribution in [2.45, 2.75) is 63.9 Å². The zero-order chi connectivity index (χ0) is 14.8. The van der Waals surface area contributed by atoms with Gasteiger partial charge in [-0.3, -0.25) is 4.79 Å². The molecule has 2 N–H and O–H groups in total. The molecule has 110 valence electrons. The maximum Gasteiger partial charge on any atom is 0.317 e. The summed E-state index contributed by atoms with van der Waals surface area (Å²) in [5, 5.41) is 0. The zero-order valence-electron chi connectivity index (χ0n) is 12.7. The van der Waals surface area contributed by atoms with Crippen molar-refractivity contribution in [1.29, 1.82) is 0 Å². The van der Waals surface area contributed by atoms with Gasteiger partial charge in [0.15, 0.2) is 0 Å². The molecule has 1 saturated carbocycles. The average Bonchev–Trinajstić information content (AvgIpc) is 2.38. The van der Waals surface area contributed by atoms with Crippen LogP contribution in [0, 0.1) is 0 Å². The van der Waals surface area contributed by atoms with Gasteiger partial charge in [-0.1, -0.05) is 37.5 Å². The number of carbonyl (C=O) groups excluding carboxylic acids is 1. The fourth-order valence-electron chi connectivity index (χ4n) is 3.05. The number of anilines is 1. The summed E-state index contributed by atoms with van der Waals surface area (Å²) in [7, 11) is 0. The first-order valence-corrected chi connectivity index (χ1v) is 7.44. The molecule has 0 aliphatic heterocycles. The first kappa shape index (κ1) is 14.9. The third kappa shape index (κ3) is 2.97. The van der Waals surface area contributed by atoms with Gasteiger partial charge in [0.1, 0.15) is 5.60 Å². The van der Waals surface area contributed by atoms with Crippen molar-refractivity contribution in [3.8, 4) is 0 Å².